The summed E-state index contributed by atoms with van der Waals surface area (Å²) in [6, 6.07) is 8.97. The molecule has 1 unspecified atom stereocenters. The molecule has 2 atom stereocenters. The Kier molecular flexibility index (Phi) is 6.20. The smallest absolute Gasteiger partial charge is 0.252 e. The Morgan fingerprint density at radius 1 is 1.32 bits per heavy atom. The Hall–Kier alpha value is -2.97. The predicted octanol–water partition coefficient (Wildman–Crippen LogP) is 3.73. The first-order valence-electron chi connectivity index (χ1n) is 10.0. The van der Waals surface area contributed by atoms with Gasteiger partial charge in [-0.15, -0.1) is 0 Å². The number of fused-ring (bicyclic) bond motifs is 1. The van der Waals surface area contributed by atoms with Crippen molar-refractivity contribution < 1.29 is 9.59 Å². The monoisotopic (exact) mass is 456 g/mol. The number of carbonyl (C=O) groups excluding carboxylic acids is 2. The second-order valence-electron chi connectivity index (χ2n) is 7.30. The largest absolute Gasteiger partial charge is 0.383 e. The van der Waals surface area contributed by atoms with E-state index in [9.17, 15) is 9.59 Å². The van der Waals surface area contributed by atoms with Crippen molar-refractivity contribution in [2.45, 2.75) is 25.9 Å². The van der Waals surface area contributed by atoms with Crippen LogP contribution in [0, 0.1) is 0 Å². The van der Waals surface area contributed by atoms with Gasteiger partial charge in [-0.2, -0.15) is 0 Å². The van der Waals surface area contributed by atoms with Crippen molar-refractivity contribution in [3.63, 3.8) is 0 Å². The van der Waals surface area contributed by atoms with Gasteiger partial charge in [0.1, 0.15) is 29.0 Å². The zero-order valence-corrected chi connectivity index (χ0v) is 18.6. The van der Waals surface area contributed by atoms with Crippen molar-refractivity contribution in [2.24, 2.45) is 0 Å². The average molecular weight is 457 g/mol. The fourth-order valence-electron chi connectivity index (χ4n) is 3.78. The summed E-state index contributed by atoms with van der Waals surface area (Å²) in [6.45, 7) is 3.35. The third-order valence-corrected chi connectivity index (χ3v) is 7.52. The zero-order valence-electron chi connectivity index (χ0n) is 17.1. The quantitative estimate of drug-likeness (QED) is 0.466. The lowest BCUT2D eigenvalue weighted by molar-refractivity contribution is -0.149. The van der Waals surface area contributed by atoms with Gasteiger partial charge in [-0.25, -0.2) is 9.97 Å². The Labute approximate surface area is 188 Å². The highest BCUT2D eigenvalue weighted by Crippen LogP contribution is 2.31. The molecule has 31 heavy (non-hydrogen) atoms. The molecular weight excluding hydrogens is 434 g/mol. The highest BCUT2D eigenvalue weighted by molar-refractivity contribution is 7.42. The molecule has 1 aromatic carbocycles. The number of anilines is 1. The molecule has 2 N–H and O–H groups in total. The summed E-state index contributed by atoms with van der Waals surface area (Å²) in [5.41, 5.74) is 7.60. The molecule has 3 heterocycles. The fourth-order valence-corrected chi connectivity index (χ4v) is 5.26. The maximum atomic E-state index is 13.1. The number of hydrogen-bond donors (Lipinski definition) is 1. The summed E-state index contributed by atoms with van der Waals surface area (Å²) in [6.07, 6.45) is 3.53. The number of carbonyl (C=O) groups is 2. The van der Waals surface area contributed by atoms with Gasteiger partial charge in [0.2, 0.25) is 10.2 Å². The molecule has 0 radical (unpaired) electrons. The molecule has 0 spiro atoms. The van der Waals surface area contributed by atoms with Gasteiger partial charge in [-0.1, -0.05) is 13.0 Å². The van der Waals surface area contributed by atoms with Crippen molar-refractivity contribution in [2.75, 3.05) is 18.8 Å². The van der Waals surface area contributed by atoms with Crippen LogP contribution in [0.5, 0.6) is 0 Å². The number of halogens is 1. The molecule has 1 fully saturated rings. The lowest BCUT2D eigenvalue weighted by Gasteiger charge is -2.40. The van der Waals surface area contributed by atoms with E-state index in [-0.39, 0.29) is 22.3 Å². The summed E-state index contributed by atoms with van der Waals surface area (Å²) in [5, 5.41) is 4.55. The SMILES string of the molecule is CC[C@H]1C(=O)N(Cc2ccc3c(N)ncnc3c2)CCN1C(=O)C=C[s+]1cccc1Cl. The Morgan fingerprint density at radius 3 is 2.90 bits per heavy atom. The van der Waals surface area contributed by atoms with E-state index >= 15 is 0 Å². The van der Waals surface area contributed by atoms with Crippen LogP contribution in [0.1, 0.15) is 18.9 Å². The maximum absolute atomic E-state index is 13.1. The van der Waals surface area contributed by atoms with Crippen LogP contribution in [0.25, 0.3) is 16.3 Å². The third kappa shape index (κ3) is 4.40. The van der Waals surface area contributed by atoms with E-state index in [4.69, 9.17) is 17.3 Å². The van der Waals surface area contributed by atoms with Crippen LogP contribution in [-0.2, 0) is 16.1 Å². The standard InChI is InChI=1S/C22H23ClN5O2S/c1-2-18-22(30)27(13-15-5-6-16-17(12-15)25-14-26-21(16)24)8-9-28(18)20(29)7-11-31-10-3-4-19(31)23/h3-7,10-12,14,18H,2,8-9,13H2,1H3,(H2,24,25,26)/q+1/t18-,31?/m0/s1. The van der Waals surface area contributed by atoms with Crippen LogP contribution in [-0.4, -0.2) is 50.7 Å². The van der Waals surface area contributed by atoms with Crippen LogP contribution in [0.3, 0.4) is 0 Å². The number of rotatable bonds is 5. The van der Waals surface area contributed by atoms with E-state index in [1.54, 1.807) is 15.2 Å². The first-order valence-corrected chi connectivity index (χ1v) is 11.7. The van der Waals surface area contributed by atoms with Crippen LogP contribution in [0.2, 0.25) is 4.34 Å². The van der Waals surface area contributed by atoms with Crippen molar-refractivity contribution in [3.05, 3.63) is 58.0 Å². The summed E-state index contributed by atoms with van der Waals surface area (Å²) in [4.78, 5) is 37.6. The second-order valence-corrected chi connectivity index (χ2v) is 9.66. The predicted molar refractivity (Wildman–Crippen MR) is 124 cm³/mol. The molecule has 3 aromatic rings. The number of nitrogens with two attached hydrogens (primary N) is 1. The van der Waals surface area contributed by atoms with Crippen molar-refractivity contribution in [3.8, 4) is 0 Å². The summed E-state index contributed by atoms with van der Waals surface area (Å²) >= 11 is 6.13. The van der Waals surface area contributed by atoms with Gasteiger partial charge in [0.25, 0.3) is 5.91 Å². The fraction of sp³-hybridized carbons (Fsp3) is 0.273. The molecule has 0 saturated carbocycles. The highest BCUT2D eigenvalue weighted by Gasteiger charge is 2.35. The maximum Gasteiger partial charge on any atom is 0.252 e. The molecule has 0 aliphatic carbocycles. The van der Waals surface area contributed by atoms with E-state index in [0.29, 0.717) is 36.2 Å². The van der Waals surface area contributed by atoms with E-state index in [2.05, 4.69) is 9.97 Å². The average Bonchev–Trinajstić information content (AvgIpc) is 3.18. The minimum atomic E-state index is -0.474. The van der Waals surface area contributed by atoms with Crippen molar-refractivity contribution >= 4 is 56.0 Å². The molecule has 2 amide bonds. The molecule has 7 nitrogen and oxygen atoms in total. The topological polar surface area (TPSA) is 92.4 Å². The molecular formula is C22H23ClN5O2S+. The molecule has 1 aliphatic heterocycles. The molecule has 0 bridgehead atoms. The number of hydrogen-bond acceptors (Lipinski definition) is 5. The molecule has 160 valence electrons. The van der Waals surface area contributed by atoms with Gasteiger partial charge >= 0.3 is 0 Å². The van der Waals surface area contributed by atoms with Gasteiger partial charge in [-0.05, 0) is 41.8 Å². The number of nitrogens with zero attached hydrogens (tertiary/aromatic N) is 4. The third-order valence-electron chi connectivity index (χ3n) is 5.39. The number of amides is 2. The van der Waals surface area contributed by atoms with E-state index in [1.807, 2.05) is 42.6 Å². The van der Waals surface area contributed by atoms with Crippen LogP contribution in [0.4, 0.5) is 5.82 Å². The van der Waals surface area contributed by atoms with E-state index < -0.39 is 6.04 Å². The minimum Gasteiger partial charge on any atom is -0.383 e. The number of thiophene rings is 1. The van der Waals surface area contributed by atoms with Crippen LogP contribution in [0.15, 0.2) is 48.1 Å². The van der Waals surface area contributed by atoms with Gasteiger partial charge in [-0.3, -0.25) is 9.59 Å². The molecule has 4 rings (SSSR count). The highest BCUT2D eigenvalue weighted by atomic mass is 35.5. The first-order chi connectivity index (χ1) is 15.0. The molecule has 9 heteroatoms. The molecule has 1 saturated heterocycles. The normalized spacial score (nSPS) is 17.7. The van der Waals surface area contributed by atoms with Crippen molar-refractivity contribution in [1.82, 2.24) is 19.8 Å². The number of nitrogen functional groups attached to an aromatic ring is 1. The number of aromatic nitrogens is 2. The van der Waals surface area contributed by atoms with Gasteiger partial charge < -0.3 is 15.5 Å². The Morgan fingerprint density at radius 2 is 2.16 bits per heavy atom. The number of piperazine rings is 1. The summed E-state index contributed by atoms with van der Waals surface area (Å²) in [7, 11) is -0.363. The first kappa shape index (κ1) is 21.3. The molecule has 2 aromatic heterocycles. The Balaban J connectivity index is 1.47. The van der Waals surface area contributed by atoms with E-state index in [0.717, 1.165) is 16.5 Å². The zero-order chi connectivity index (χ0) is 22.0. The number of benzene rings is 1. The summed E-state index contributed by atoms with van der Waals surface area (Å²) in [5.74, 6) is 0.235. The minimum absolute atomic E-state index is 0.0427. The van der Waals surface area contributed by atoms with Gasteiger partial charge in [0.15, 0.2) is 0 Å². The van der Waals surface area contributed by atoms with Crippen molar-refractivity contribution in [1.29, 1.82) is 0 Å². The van der Waals surface area contributed by atoms with Crippen LogP contribution < -0.4 is 5.73 Å². The Bertz CT molecular complexity index is 1160. The van der Waals surface area contributed by atoms with E-state index in [1.165, 1.54) is 12.4 Å². The lowest BCUT2D eigenvalue weighted by Crippen LogP contribution is -2.57. The van der Waals surface area contributed by atoms with Gasteiger partial charge in [0, 0.05) is 41.6 Å². The molecule has 1 aliphatic rings. The van der Waals surface area contributed by atoms with Gasteiger partial charge in [0.05, 0.1) is 11.6 Å². The van der Waals surface area contributed by atoms with Crippen LogP contribution >= 0.6 is 22.1 Å². The second kappa shape index (κ2) is 9.03. The summed E-state index contributed by atoms with van der Waals surface area (Å²) < 4.78 is 0.708. The lowest BCUT2D eigenvalue weighted by atomic mass is 10.1.